The van der Waals surface area contributed by atoms with Crippen molar-refractivity contribution in [2.45, 2.75) is 44.5 Å². The number of halogens is 3. The maximum atomic E-state index is 10.0. The maximum absolute atomic E-state index is 10.0. The highest BCUT2D eigenvalue weighted by Crippen LogP contribution is 2.20. The fourth-order valence-electron chi connectivity index (χ4n) is 10.3. The van der Waals surface area contributed by atoms with Gasteiger partial charge in [0.2, 0.25) is 22.4 Å². The molecule has 0 saturated carbocycles. The molecule has 4 heterocycles. The lowest BCUT2D eigenvalue weighted by Gasteiger charge is -2.08. The number of ether oxygens (including phenoxy) is 1. The molecular weight excluding hydrogens is 1370 g/mol. The van der Waals surface area contributed by atoms with Crippen molar-refractivity contribution in [1.82, 2.24) is 9.97 Å². The van der Waals surface area contributed by atoms with Crippen LogP contribution in [0.25, 0.3) is 80.1 Å². The third-order valence-corrected chi connectivity index (χ3v) is 16.6. The van der Waals surface area contributed by atoms with E-state index in [2.05, 4.69) is 304 Å². The van der Waals surface area contributed by atoms with Gasteiger partial charge in [0.05, 0.1) is 25.3 Å². The fourth-order valence-corrected chi connectivity index (χ4v) is 11.1. The molecule has 0 aliphatic carbocycles. The van der Waals surface area contributed by atoms with Gasteiger partial charge in [-0.2, -0.15) is 9.13 Å². The van der Waals surface area contributed by atoms with Crippen LogP contribution in [0.3, 0.4) is 0 Å². The average molecular weight is 1450 g/mol. The van der Waals surface area contributed by atoms with E-state index in [1.54, 1.807) is 12.1 Å². The van der Waals surface area contributed by atoms with Crippen molar-refractivity contribution in [3.05, 3.63) is 383 Å². The molecule has 0 fully saturated rings. The highest BCUT2D eigenvalue weighted by Gasteiger charge is 2.18. The lowest BCUT2D eigenvalue weighted by atomic mass is 10.1. The zero-order chi connectivity index (χ0) is 71.2. The average Bonchev–Trinajstić information content (AvgIpc) is 0.805. The number of aldehydes is 1. The number of aromatic nitrogens is 4. The summed E-state index contributed by atoms with van der Waals surface area (Å²) in [6.07, 6.45) is 13.8. The van der Waals surface area contributed by atoms with E-state index in [-0.39, 0.29) is 0 Å². The van der Waals surface area contributed by atoms with E-state index < -0.39 is 19.1 Å². The monoisotopic (exact) mass is 1450 g/mol. The third-order valence-electron chi connectivity index (χ3n) is 15.3. The van der Waals surface area contributed by atoms with Crippen LogP contribution in [0.4, 0.5) is 4.39 Å². The molecular formula is C89H79Br2FN4O4+2. The van der Waals surface area contributed by atoms with Crippen LogP contribution < -0.4 is 9.13 Å². The van der Waals surface area contributed by atoms with Gasteiger partial charge in [0, 0.05) is 105 Å². The molecule has 14 aromatic rings. The molecule has 8 nitrogen and oxygen atoms in total. The lowest BCUT2D eigenvalue weighted by molar-refractivity contribution is -0.664. The molecule has 0 bridgehead atoms. The Balaban J connectivity index is 0.000000184. The van der Waals surface area contributed by atoms with Crippen molar-refractivity contribution in [3.8, 4) is 0 Å². The van der Waals surface area contributed by atoms with Crippen LogP contribution in [0.2, 0.25) is 0 Å². The Morgan fingerprint density at radius 2 is 0.720 bits per heavy atom. The third kappa shape index (κ3) is 24.4. The minimum absolute atomic E-state index is 0.562. The second kappa shape index (κ2) is 41.1. The SMILES string of the molecule is BrCc1ccc(CBr)cc1.C(=C\c1ccc2ccccc2[n+]1Cc1ccc(C[n+]2c(/C=C/c3ccccc3)ccc3ccccc32)cc1)/c1ccccc1.C(=C\c1ccc2ccccc2n1)/c1ccccc1.CC(=O)OC(C)=O.Cc1ccc2ccccc2n1.O=Cc1ccccc1.[2H]CF. The molecule has 498 valence electrons. The summed E-state index contributed by atoms with van der Waals surface area (Å²) < 4.78 is 24.3. The summed E-state index contributed by atoms with van der Waals surface area (Å²) in [6.45, 7) is 5.96. The van der Waals surface area contributed by atoms with E-state index in [9.17, 15) is 18.8 Å². The summed E-state index contributed by atoms with van der Waals surface area (Å²) in [5.74, 6) is -1.12. The summed E-state index contributed by atoms with van der Waals surface area (Å²) in [5.41, 5.74) is 18.5. The predicted molar refractivity (Wildman–Crippen MR) is 420 cm³/mol. The first-order chi connectivity index (χ1) is 49.4. The number of para-hydroxylation sites is 4. The Kier molecular flexibility index (Phi) is 30.0. The number of esters is 2. The second-order valence-electron chi connectivity index (χ2n) is 22.6. The van der Waals surface area contributed by atoms with Crippen molar-refractivity contribution >= 4 is 130 Å². The summed E-state index contributed by atoms with van der Waals surface area (Å²) in [7, 11) is -1.00. The zero-order valence-corrected chi connectivity index (χ0v) is 59.3. The highest BCUT2D eigenvalue weighted by atomic mass is 79.9. The standard InChI is InChI=1S/C42H34N2.C17H13N.C10H9N.C8H8Br2.C7H6O.C4H6O3.CH3F/c1-3-11-33(12-4-1)23-27-39-29-25-37-15-7-9-17-41(37)43(39)31-35-19-21-36(22-20-35)32-44-40(28-24-34-13-5-2-6-14-34)30-26-38-16-8-10-18-42(38)44;1-2-6-14(7-3-1)10-12-16-13-11-15-8-4-5-9-17(15)18-16;1-8-6-7-9-4-2-3-5-10(9)11-8;9-5-7-1-2-8(6-10)4-3-7;8-6-7-4-2-1-3-5-7;1-3(5)7-4(2)6;1-2/h1-30H,31-32H2;1-13H;2-7H,1H3;1-4H,5-6H2;1-6H;1-2H3;1H3/q+2;;;;;;/b27-23+,28-24+;12-10+;;;;;/i;;;;;;1D. The maximum Gasteiger partial charge on any atom is 0.310 e. The molecule has 0 radical (unpaired) electrons. The van der Waals surface area contributed by atoms with E-state index in [0.717, 1.165) is 58.0 Å². The van der Waals surface area contributed by atoms with E-state index in [1.165, 1.54) is 96.8 Å². The van der Waals surface area contributed by atoms with E-state index in [0.29, 0.717) is 0 Å². The van der Waals surface area contributed by atoms with Gasteiger partial charge in [-0.05, 0) is 101 Å². The summed E-state index contributed by atoms with van der Waals surface area (Å²) >= 11 is 6.78. The predicted octanol–water partition coefficient (Wildman–Crippen LogP) is 21.6. The van der Waals surface area contributed by atoms with Gasteiger partial charge in [0.15, 0.2) is 13.1 Å². The number of aryl methyl sites for hydroxylation is 1. The molecule has 0 aliphatic heterocycles. The van der Waals surface area contributed by atoms with Gasteiger partial charge in [-0.3, -0.25) is 23.8 Å². The second-order valence-corrected chi connectivity index (χ2v) is 23.7. The number of nitrogens with zero attached hydrogens (tertiary/aromatic N) is 4. The number of fused-ring (bicyclic) bond motifs is 4. The van der Waals surface area contributed by atoms with Crippen molar-refractivity contribution in [1.29, 1.82) is 0 Å². The van der Waals surface area contributed by atoms with Crippen LogP contribution in [0, 0.1) is 6.92 Å². The number of benzene rings is 10. The molecule has 0 saturated heterocycles. The number of alkyl halides is 3. The molecule has 0 atom stereocenters. The van der Waals surface area contributed by atoms with E-state index in [4.69, 9.17) is 1.37 Å². The Morgan fingerprint density at radius 3 is 1.10 bits per heavy atom. The van der Waals surface area contributed by atoms with Crippen LogP contribution in [-0.2, 0) is 38.1 Å². The number of pyridine rings is 4. The van der Waals surface area contributed by atoms with Crippen LogP contribution in [0.5, 0.6) is 0 Å². The highest BCUT2D eigenvalue weighted by molar-refractivity contribution is 9.08. The van der Waals surface area contributed by atoms with Gasteiger partial charge >= 0.3 is 11.9 Å². The number of hydrogen-bond donors (Lipinski definition) is 0. The number of carbonyl (C=O) groups excluding carboxylic acids is 3. The first-order valence-electron chi connectivity index (χ1n) is 33.2. The van der Waals surface area contributed by atoms with Crippen LogP contribution in [-0.4, -0.2) is 35.3 Å². The van der Waals surface area contributed by atoms with Gasteiger partial charge in [-0.1, -0.05) is 281 Å². The molecule has 100 heavy (non-hydrogen) atoms. The molecule has 10 aromatic carbocycles. The van der Waals surface area contributed by atoms with Crippen molar-refractivity contribution in [2.75, 3.05) is 7.15 Å². The smallest absolute Gasteiger partial charge is 0.310 e. The summed E-state index contributed by atoms with van der Waals surface area (Å²) in [4.78, 5) is 38.6. The first kappa shape index (κ1) is 73.0. The molecule has 0 aliphatic rings. The lowest BCUT2D eigenvalue weighted by Crippen LogP contribution is -2.39. The minimum Gasteiger partial charge on any atom is -0.394 e. The number of carbonyl (C=O) groups is 3. The Bertz CT molecular complexity index is 4780. The topological polar surface area (TPSA) is 94.0 Å². The van der Waals surface area contributed by atoms with Crippen molar-refractivity contribution in [2.24, 2.45) is 0 Å². The van der Waals surface area contributed by atoms with Gasteiger partial charge in [-0.15, -0.1) is 0 Å². The fraction of sp³-hybridized carbons (Fsp3) is 0.0899. The minimum atomic E-state index is -1.00. The van der Waals surface area contributed by atoms with Gasteiger partial charge in [0.25, 0.3) is 0 Å². The summed E-state index contributed by atoms with van der Waals surface area (Å²) in [6, 6.07) is 109. The van der Waals surface area contributed by atoms with Crippen LogP contribution in [0.1, 0.15) is 87.3 Å². The molecule has 0 unspecified atom stereocenters. The molecule has 11 heteroatoms. The van der Waals surface area contributed by atoms with E-state index in [1.807, 2.05) is 97.9 Å². The molecule has 0 spiro atoms. The molecule has 14 rings (SSSR count). The van der Waals surface area contributed by atoms with Gasteiger partial charge < -0.3 is 4.74 Å². The summed E-state index contributed by atoms with van der Waals surface area (Å²) in [5, 5.41) is 6.74. The van der Waals surface area contributed by atoms with Crippen molar-refractivity contribution < 1.29 is 34.0 Å². The first-order valence-corrected chi connectivity index (χ1v) is 34.7. The number of rotatable bonds is 13. The number of hydrogen-bond acceptors (Lipinski definition) is 6. The van der Waals surface area contributed by atoms with Gasteiger partial charge in [-0.25, -0.2) is 4.98 Å². The Morgan fingerprint density at radius 1 is 0.390 bits per heavy atom. The van der Waals surface area contributed by atoms with E-state index >= 15 is 0 Å². The quantitative estimate of drug-likeness (QED) is 0.0375. The zero-order valence-electron chi connectivity index (χ0n) is 57.2. The van der Waals surface area contributed by atoms with Crippen molar-refractivity contribution in [3.63, 3.8) is 0 Å². The van der Waals surface area contributed by atoms with Crippen LogP contribution >= 0.6 is 31.9 Å². The molecule has 4 aromatic heterocycles. The molecule has 0 N–H and O–H groups in total. The molecule has 0 amide bonds. The Labute approximate surface area is 604 Å². The van der Waals surface area contributed by atoms with Gasteiger partial charge in [0.1, 0.15) is 6.29 Å². The Hall–Kier alpha value is -11.2. The normalized spacial score (nSPS) is 10.6. The largest absolute Gasteiger partial charge is 0.394 e. The van der Waals surface area contributed by atoms with Crippen LogP contribution in [0.15, 0.2) is 315 Å².